The zero-order valence-corrected chi connectivity index (χ0v) is 17.3. The van der Waals surface area contributed by atoms with Crippen molar-refractivity contribution in [1.82, 2.24) is 26.6 Å². The molecule has 0 fully saturated rings. The molecule has 0 spiro atoms. The third-order valence-corrected chi connectivity index (χ3v) is 4.08. The third kappa shape index (κ3) is 10.0. The summed E-state index contributed by atoms with van der Waals surface area (Å²) in [5.74, 6) is -3.27. The molecule has 0 unspecified atom stereocenters. The van der Waals surface area contributed by atoms with Crippen LogP contribution >= 0.6 is 0 Å². The van der Waals surface area contributed by atoms with Gasteiger partial charge in [-0.05, 0) is 24.6 Å². The molecule has 0 heterocycles. The molecule has 0 saturated heterocycles. The Morgan fingerprint density at radius 1 is 0.938 bits per heavy atom. The summed E-state index contributed by atoms with van der Waals surface area (Å²) >= 11 is 0. The predicted octanol–water partition coefficient (Wildman–Crippen LogP) is -3.61. The van der Waals surface area contributed by atoms with Gasteiger partial charge < -0.3 is 37.4 Å². The monoisotopic (exact) mass is 450 g/mol. The first kappa shape index (κ1) is 25.9. The van der Waals surface area contributed by atoms with E-state index in [2.05, 4.69) is 26.6 Å². The Hall–Kier alpha value is -4.16. The summed E-state index contributed by atoms with van der Waals surface area (Å²) in [4.78, 5) is 68.9. The van der Waals surface area contributed by atoms with Crippen molar-refractivity contribution in [1.29, 1.82) is 0 Å². The molecule has 2 atom stereocenters. The van der Waals surface area contributed by atoms with Crippen LogP contribution in [-0.2, 0) is 35.2 Å². The highest BCUT2D eigenvalue weighted by Gasteiger charge is 2.19. The van der Waals surface area contributed by atoms with Crippen molar-refractivity contribution in [2.75, 3.05) is 19.6 Å². The first-order chi connectivity index (χ1) is 15.1. The van der Waals surface area contributed by atoms with E-state index in [1.165, 1.54) is 19.1 Å². The summed E-state index contributed by atoms with van der Waals surface area (Å²) in [5.41, 5.74) is 5.68. The fraction of sp³-hybridized carbons (Fsp3) is 0.368. The van der Waals surface area contributed by atoms with Gasteiger partial charge in [0.25, 0.3) is 0 Å². The number of primary amides is 1. The second-order valence-corrected chi connectivity index (χ2v) is 6.67. The number of rotatable bonds is 13. The zero-order valence-electron chi connectivity index (χ0n) is 17.3. The second-order valence-electron chi connectivity index (χ2n) is 6.67. The van der Waals surface area contributed by atoms with E-state index in [4.69, 9.17) is 5.73 Å². The van der Waals surface area contributed by atoms with Crippen molar-refractivity contribution < 1.29 is 33.9 Å². The maximum atomic E-state index is 12.2. The van der Waals surface area contributed by atoms with E-state index in [0.29, 0.717) is 12.0 Å². The molecule has 8 N–H and O–H groups in total. The smallest absolute Gasteiger partial charge is 0.243 e. The quantitative estimate of drug-likeness (QED) is 0.150. The average molecular weight is 450 g/mol. The maximum absolute atomic E-state index is 12.2. The molecule has 1 aromatic carbocycles. The highest BCUT2D eigenvalue weighted by atomic mass is 16.3. The number of aromatic hydroxyl groups is 1. The molecule has 6 amide bonds. The fourth-order valence-electron chi connectivity index (χ4n) is 2.31. The lowest BCUT2D eigenvalue weighted by Gasteiger charge is -2.16. The summed E-state index contributed by atoms with van der Waals surface area (Å²) in [6.07, 6.45) is 0.487. The molecular formula is C19H26N6O7. The van der Waals surface area contributed by atoms with Gasteiger partial charge in [-0.2, -0.15) is 0 Å². The van der Waals surface area contributed by atoms with E-state index in [1.807, 2.05) is 0 Å². The minimum Gasteiger partial charge on any atom is -0.508 e. The summed E-state index contributed by atoms with van der Waals surface area (Å²) < 4.78 is 0. The highest BCUT2D eigenvalue weighted by molar-refractivity contribution is 5.92. The highest BCUT2D eigenvalue weighted by Crippen LogP contribution is 2.11. The topological polar surface area (TPSA) is 209 Å². The predicted molar refractivity (Wildman–Crippen MR) is 111 cm³/mol. The summed E-state index contributed by atoms with van der Waals surface area (Å²) in [6, 6.07) is 4.20. The van der Waals surface area contributed by atoms with Crippen molar-refractivity contribution in [2.45, 2.75) is 25.4 Å². The maximum Gasteiger partial charge on any atom is 0.243 e. The van der Waals surface area contributed by atoms with Crippen LogP contribution in [0.2, 0.25) is 0 Å². The fourth-order valence-corrected chi connectivity index (χ4v) is 2.31. The minimum atomic E-state index is -0.950. The number of hydrogen-bond acceptors (Lipinski definition) is 7. The van der Waals surface area contributed by atoms with Gasteiger partial charge in [0.2, 0.25) is 35.9 Å². The lowest BCUT2D eigenvalue weighted by atomic mass is 10.1. The van der Waals surface area contributed by atoms with E-state index in [9.17, 15) is 33.9 Å². The average Bonchev–Trinajstić information content (AvgIpc) is 2.75. The van der Waals surface area contributed by atoms with Gasteiger partial charge in [-0.3, -0.25) is 28.8 Å². The number of amides is 6. The summed E-state index contributed by atoms with van der Waals surface area (Å²) in [6.45, 7) is 0.0715. The molecule has 13 nitrogen and oxygen atoms in total. The lowest BCUT2D eigenvalue weighted by molar-refractivity contribution is -0.130. The van der Waals surface area contributed by atoms with Crippen molar-refractivity contribution in [2.24, 2.45) is 5.73 Å². The van der Waals surface area contributed by atoms with E-state index >= 15 is 0 Å². The molecule has 174 valence electrons. The van der Waals surface area contributed by atoms with E-state index in [-0.39, 0.29) is 12.2 Å². The summed E-state index contributed by atoms with van der Waals surface area (Å²) in [5, 5.41) is 20.8. The van der Waals surface area contributed by atoms with Crippen LogP contribution in [0.1, 0.15) is 12.5 Å². The summed E-state index contributed by atoms with van der Waals surface area (Å²) in [7, 11) is 0. The Labute approximate surface area is 183 Å². The number of carbonyl (C=O) groups is 6. The van der Waals surface area contributed by atoms with Crippen molar-refractivity contribution in [3.8, 4) is 5.75 Å². The second kappa shape index (κ2) is 13.2. The Kier molecular flexibility index (Phi) is 10.7. The molecule has 0 aromatic heterocycles. The molecular weight excluding hydrogens is 424 g/mol. The van der Waals surface area contributed by atoms with Crippen molar-refractivity contribution in [3.05, 3.63) is 29.8 Å². The van der Waals surface area contributed by atoms with E-state index in [0.717, 1.165) is 0 Å². The van der Waals surface area contributed by atoms with Gasteiger partial charge in [0.15, 0.2) is 0 Å². The van der Waals surface area contributed by atoms with Crippen LogP contribution in [0.3, 0.4) is 0 Å². The SMILES string of the molecule is C[C@H](NC(=O)CNC(=O)CNC(=O)CNC(=O)[C@@H](Cc1ccc(O)cc1)NC=O)C(N)=O. The normalized spacial score (nSPS) is 11.9. The van der Waals surface area contributed by atoms with Gasteiger partial charge in [0, 0.05) is 6.42 Å². The standard InChI is InChI=1S/C19H26N6O7/c1-11(18(20)31)25-17(30)9-22-15(28)7-21-16(29)8-23-19(32)14(24-10-26)6-12-2-4-13(27)5-3-12/h2-5,10-11,14,27H,6-9H2,1H3,(H2,20,31)(H,21,29)(H,22,28)(H,23,32)(H,24,26)(H,25,30)/t11-,14+/m0/s1. The largest absolute Gasteiger partial charge is 0.508 e. The number of nitrogens with two attached hydrogens (primary N) is 1. The van der Waals surface area contributed by atoms with Gasteiger partial charge in [-0.25, -0.2) is 0 Å². The molecule has 0 aliphatic carbocycles. The van der Waals surface area contributed by atoms with Crippen LogP contribution in [0.4, 0.5) is 0 Å². The van der Waals surface area contributed by atoms with Crippen molar-refractivity contribution in [3.63, 3.8) is 0 Å². The lowest BCUT2D eigenvalue weighted by Crippen LogP contribution is -2.49. The van der Waals surface area contributed by atoms with Gasteiger partial charge in [-0.15, -0.1) is 0 Å². The molecule has 0 saturated carbocycles. The molecule has 32 heavy (non-hydrogen) atoms. The zero-order chi connectivity index (χ0) is 24.1. The number of nitrogens with one attached hydrogen (secondary N) is 5. The van der Waals surface area contributed by atoms with Crippen LogP contribution < -0.4 is 32.3 Å². The van der Waals surface area contributed by atoms with Gasteiger partial charge in [0.05, 0.1) is 19.6 Å². The van der Waals surface area contributed by atoms with Crippen molar-refractivity contribution >= 4 is 35.9 Å². The van der Waals surface area contributed by atoms with Crippen LogP contribution in [0.15, 0.2) is 24.3 Å². The molecule has 0 aliphatic rings. The van der Waals surface area contributed by atoms with E-state index < -0.39 is 61.3 Å². The number of carbonyl (C=O) groups excluding carboxylic acids is 6. The Balaban J connectivity index is 2.36. The number of hydrogen-bond donors (Lipinski definition) is 7. The Morgan fingerprint density at radius 3 is 2.00 bits per heavy atom. The third-order valence-electron chi connectivity index (χ3n) is 4.08. The number of phenols is 1. The Morgan fingerprint density at radius 2 is 1.47 bits per heavy atom. The minimum absolute atomic E-state index is 0.0552. The van der Waals surface area contributed by atoms with Gasteiger partial charge in [-0.1, -0.05) is 12.1 Å². The first-order valence-electron chi connectivity index (χ1n) is 9.49. The Bertz CT molecular complexity index is 843. The van der Waals surface area contributed by atoms with Crippen LogP contribution in [0.5, 0.6) is 5.75 Å². The molecule has 1 rings (SSSR count). The molecule has 0 aliphatic heterocycles. The number of benzene rings is 1. The molecule has 0 bridgehead atoms. The number of phenolic OH excluding ortho intramolecular Hbond substituents is 1. The van der Waals surface area contributed by atoms with Crippen LogP contribution in [0, 0.1) is 0 Å². The van der Waals surface area contributed by atoms with Crippen LogP contribution in [0.25, 0.3) is 0 Å². The van der Waals surface area contributed by atoms with Gasteiger partial charge >= 0.3 is 0 Å². The van der Waals surface area contributed by atoms with E-state index in [1.54, 1.807) is 12.1 Å². The van der Waals surface area contributed by atoms with Gasteiger partial charge in [0.1, 0.15) is 17.8 Å². The molecule has 1 aromatic rings. The first-order valence-corrected chi connectivity index (χ1v) is 9.49. The molecule has 0 radical (unpaired) electrons. The van der Waals surface area contributed by atoms with Crippen LogP contribution in [-0.4, -0.2) is 72.8 Å². The molecule has 13 heteroatoms.